The molecule has 1 fully saturated rings. The quantitative estimate of drug-likeness (QED) is 0.636. The van der Waals surface area contributed by atoms with Crippen molar-refractivity contribution in [3.8, 4) is 0 Å². The van der Waals surface area contributed by atoms with Gasteiger partial charge in [-0.3, -0.25) is 19.1 Å². The maximum Gasteiger partial charge on any atom is 0.308 e. The summed E-state index contributed by atoms with van der Waals surface area (Å²) in [7, 11) is 0. The van der Waals surface area contributed by atoms with Crippen LogP contribution >= 0.6 is 0 Å². The first kappa shape index (κ1) is 16.4. The molecule has 0 saturated carbocycles. The first-order valence-electron chi connectivity index (χ1n) is 7.59. The molecule has 0 unspecified atom stereocenters. The van der Waals surface area contributed by atoms with Crippen LogP contribution in [-0.2, 0) is 14.3 Å². The first-order chi connectivity index (χ1) is 11.4. The van der Waals surface area contributed by atoms with E-state index in [-0.39, 0.29) is 35.6 Å². The highest BCUT2D eigenvalue weighted by Gasteiger charge is 2.39. The molecule has 1 aliphatic heterocycles. The number of ether oxygens (including phenoxy) is 2. The number of nitrogen functional groups attached to an aromatic ring is 1. The summed E-state index contributed by atoms with van der Waals surface area (Å²) in [6.07, 6.45) is -0.103. The van der Waals surface area contributed by atoms with Gasteiger partial charge in [-0.15, -0.1) is 0 Å². The fourth-order valence-corrected chi connectivity index (χ4v) is 2.60. The van der Waals surface area contributed by atoms with Gasteiger partial charge in [-0.1, -0.05) is 13.8 Å². The predicted octanol–water partition coefficient (Wildman–Crippen LogP) is -0.451. The fourth-order valence-electron chi connectivity index (χ4n) is 2.60. The van der Waals surface area contributed by atoms with E-state index in [2.05, 4.69) is 15.0 Å². The molecule has 130 valence electrons. The minimum atomic E-state index is -0.658. The molecule has 3 heterocycles. The van der Waals surface area contributed by atoms with Gasteiger partial charge in [0, 0.05) is 6.42 Å². The molecule has 1 aliphatic rings. The third-order valence-electron chi connectivity index (χ3n) is 3.86. The molecule has 4 N–H and O–H groups in total. The zero-order valence-corrected chi connectivity index (χ0v) is 13.3. The van der Waals surface area contributed by atoms with Crippen LogP contribution in [0.3, 0.4) is 0 Å². The van der Waals surface area contributed by atoms with Gasteiger partial charge in [0.05, 0.1) is 18.9 Å². The molecule has 0 aromatic carbocycles. The third-order valence-corrected chi connectivity index (χ3v) is 3.86. The number of aromatic nitrogens is 4. The smallest absolute Gasteiger partial charge is 0.308 e. The number of anilines is 1. The minimum absolute atomic E-state index is 0.0336. The molecule has 0 spiro atoms. The molecule has 0 bridgehead atoms. The summed E-state index contributed by atoms with van der Waals surface area (Å²) in [5, 5.41) is 9.47. The van der Waals surface area contributed by atoms with Gasteiger partial charge in [0.1, 0.15) is 18.4 Å². The van der Waals surface area contributed by atoms with Crippen molar-refractivity contribution in [3.05, 3.63) is 16.7 Å². The number of aliphatic hydroxyl groups excluding tert-OH is 1. The second kappa shape index (κ2) is 6.21. The summed E-state index contributed by atoms with van der Waals surface area (Å²) < 4.78 is 12.7. The van der Waals surface area contributed by atoms with Gasteiger partial charge in [0.15, 0.2) is 11.2 Å². The van der Waals surface area contributed by atoms with Crippen LogP contribution in [0.2, 0.25) is 0 Å². The van der Waals surface area contributed by atoms with Gasteiger partial charge in [-0.05, 0) is 0 Å². The zero-order chi connectivity index (χ0) is 17.4. The van der Waals surface area contributed by atoms with Crippen molar-refractivity contribution in [1.82, 2.24) is 19.5 Å². The van der Waals surface area contributed by atoms with Gasteiger partial charge in [0.25, 0.3) is 5.56 Å². The number of hydrogen-bond acceptors (Lipinski definition) is 8. The molecule has 2 aromatic heterocycles. The lowest BCUT2D eigenvalue weighted by atomic mass is 10.1. The van der Waals surface area contributed by atoms with Crippen LogP contribution in [0.4, 0.5) is 5.95 Å². The molecule has 1 saturated heterocycles. The van der Waals surface area contributed by atoms with E-state index in [1.807, 2.05) is 0 Å². The molecule has 3 atom stereocenters. The number of nitrogens with two attached hydrogens (primary N) is 1. The molecule has 10 heteroatoms. The summed E-state index contributed by atoms with van der Waals surface area (Å²) >= 11 is 0. The SMILES string of the molecule is CC(C)C(=O)O[C@H]1C[C@H](n2cnc3c(=O)[nH]c(N)nc32)O[C@@H]1CO. The molecule has 10 nitrogen and oxygen atoms in total. The van der Waals surface area contributed by atoms with Crippen molar-refractivity contribution < 1.29 is 19.4 Å². The standard InChI is InChI=1S/C14H19N5O5/c1-6(2)13(22)24-7-3-9(23-8(7)4-20)19-5-16-10-11(19)17-14(15)18-12(10)21/h5-9,20H,3-4H2,1-2H3,(H3,15,17,18,21)/t7-,8+,9+/m0/s1. The second-order valence-corrected chi connectivity index (χ2v) is 5.95. The van der Waals surface area contributed by atoms with Crippen molar-refractivity contribution in [3.63, 3.8) is 0 Å². The summed E-state index contributed by atoms with van der Waals surface area (Å²) in [6.45, 7) is 3.16. The van der Waals surface area contributed by atoms with Crippen LogP contribution in [0.5, 0.6) is 0 Å². The summed E-state index contributed by atoms with van der Waals surface area (Å²) in [4.78, 5) is 34.1. The number of hydrogen-bond donors (Lipinski definition) is 3. The van der Waals surface area contributed by atoms with E-state index in [0.29, 0.717) is 6.42 Å². The van der Waals surface area contributed by atoms with E-state index >= 15 is 0 Å². The Morgan fingerprint density at radius 3 is 3.04 bits per heavy atom. The van der Waals surface area contributed by atoms with E-state index < -0.39 is 24.0 Å². The van der Waals surface area contributed by atoms with Gasteiger partial charge in [-0.2, -0.15) is 4.98 Å². The topological polar surface area (TPSA) is 145 Å². The lowest BCUT2D eigenvalue weighted by Crippen LogP contribution is -2.31. The van der Waals surface area contributed by atoms with Crippen LogP contribution in [0, 0.1) is 5.92 Å². The highest BCUT2D eigenvalue weighted by Crippen LogP contribution is 2.32. The maximum atomic E-state index is 11.8. The molecule has 0 amide bonds. The Balaban J connectivity index is 1.88. The van der Waals surface area contributed by atoms with Crippen LogP contribution in [-0.4, -0.2) is 49.4 Å². The van der Waals surface area contributed by atoms with E-state index in [0.717, 1.165) is 0 Å². The Kier molecular flexibility index (Phi) is 4.24. The number of carbonyl (C=O) groups is 1. The van der Waals surface area contributed by atoms with E-state index in [1.54, 1.807) is 18.4 Å². The molecular formula is C14H19N5O5. The molecule has 3 rings (SSSR count). The number of imidazole rings is 1. The second-order valence-electron chi connectivity index (χ2n) is 5.95. The van der Waals surface area contributed by atoms with Gasteiger partial charge in [0.2, 0.25) is 5.95 Å². The third kappa shape index (κ3) is 2.85. The van der Waals surface area contributed by atoms with Crippen LogP contribution in [0.1, 0.15) is 26.5 Å². The number of carbonyl (C=O) groups excluding carboxylic acids is 1. The van der Waals surface area contributed by atoms with Gasteiger partial charge in [-0.25, -0.2) is 4.98 Å². The van der Waals surface area contributed by atoms with E-state index in [4.69, 9.17) is 15.2 Å². The van der Waals surface area contributed by atoms with Crippen molar-refractivity contribution >= 4 is 23.1 Å². The van der Waals surface area contributed by atoms with Gasteiger partial charge >= 0.3 is 5.97 Å². The Morgan fingerprint density at radius 2 is 2.38 bits per heavy atom. The largest absolute Gasteiger partial charge is 0.459 e. The average molecular weight is 337 g/mol. The first-order valence-corrected chi connectivity index (χ1v) is 7.59. The normalized spacial score (nSPS) is 23.9. The number of aliphatic hydroxyl groups is 1. The number of aromatic amines is 1. The maximum absolute atomic E-state index is 11.8. The minimum Gasteiger partial charge on any atom is -0.459 e. The van der Waals surface area contributed by atoms with Crippen molar-refractivity contribution in [2.45, 2.75) is 38.7 Å². The van der Waals surface area contributed by atoms with Crippen molar-refractivity contribution in [2.75, 3.05) is 12.3 Å². The Morgan fingerprint density at radius 1 is 1.62 bits per heavy atom. The molecule has 24 heavy (non-hydrogen) atoms. The van der Waals surface area contributed by atoms with Crippen LogP contribution in [0.15, 0.2) is 11.1 Å². The van der Waals surface area contributed by atoms with Crippen LogP contribution in [0.25, 0.3) is 11.2 Å². The number of esters is 1. The number of nitrogens with one attached hydrogen (secondary N) is 1. The Hall–Kier alpha value is -2.46. The highest BCUT2D eigenvalue weighted by molar-refractivity contribution is 5.72. The number of rotatable bonds is 4. The van der Waals surface area contributed by atoms with E-state index in [1.165, 1.54) is 6.33 Å². The Bertz CT molecular complexity index is 813. The number of nitrogens with zero attached hydrogens (tertiary/aromatic N) is 3. The highest BCUT2D eigenvalue weighted by atomic mass is 16.6. The Labute approximate surface area is 136 Å². The van der Waals surface area contributed by atoms with Crippen LogP contribution < -0.4 is 11.3 Å². The summed E-state index contributed by atoms with van der Waals surface area (Å²) in [5.74, 6) is -0.678. The zero-order valence-electron chi connectivity index (χ0n) is 13.3. The van der Waals surface area contributed by atoms with Crippen molar-refractivity contribution in [2.24, 2.45) is 5.92 Å². The monoisotopic (exact) mass is 337 g/mol. The van der Waals surface area contributed by atoms with E-state index in [9.17, 15) is 14.7 Å². The summed E-state index contributed by atoms with van der Waals surface area (Å²) in [6, 6.07) is 0. The lowest BCUT2D eigenvalue weighted by Gasteiger charge is -2.17. The predicted molar refractivity (Wildman–Crippen MR) is 82.9 cm³/mol. The summed E-state index contributed by atoms with van der Waals surface area (Å²) in [5.41, 5.74) is 5.53. The average Bonchev–Trinajstić information content (AvgIpc) is 3.10. The van der Waals surface area contributed by atoms with Gasteiger partial charge < -0.3 is 20.3 Å². The van der Waals surface area contributed by atoms with Crippen molar-refractivity contribution in [1.29, 1.82) is 0 Å². The molecular weight excluding hydrogens is 318 g/mol. The lowest BCUT2D eigenvalue weighted by molar-refractivity contribution is -0.156. The fraction of sp³-hybridized carbons (Fsp3) is 0.571. The molecule has 0 aliphatic carbocycles. The number of H-pyrrole nitrogens is 1. The number of fused-ring (bicyclic) bond motifs is 1. The molecule has 2 aromatic rings. The molecule has 0 radical (unpaired) electrons.